The fraction of sp³-hybridized carbons (Fsp3) is 0.267. The van der Waals surface area contributed by atoms with Crippen LogP contribution in [-0.4, -0.2) is 27.2 Å². The Labute approximate surface area is 133 Å². The number of amides is 1. The molecule has 3 rings (SSSR count). The normalized spacial score (nSPS) is 19.8. The first-order valence-electron chi connectivity index (χ1n) is 7.02. The molecule has 1 aliphatic carbocycles. The fourth-order valence-corrected chi connectivity index (χ4v) is 2.33. The zero-order valence-electron chi connectivity index (χ0n) is 12.1. The molecule has 126 valence electrons. The maximum Gasteiger partial charge on any atom is 0.432 e. The highest BCUT2D eigenvalue weighted by Gasteiger charge is 2.48. The first kappa shape index (κ1) is 16.0. The van der Waals surface area contributed by atoms with Gasteiger partial charge in [0.1, 0.15) is 5.69 Å². The Morgan fingerprint density at radius 2 is 1.88 bits per heavy atom. The molecule has 2 atom stereocenters. The van der Waals surface area contributed by atoms with E-state index in [1.54, 1.807) is 0 Å². The summed E-state index contributed by atoms with van der Waals surface area (Å²) in [6.07, 6.45) is -4.18. The number of halogens is 3. The number of alkyl halides is 3. The Balaban J connectivity index is 1.67. The summed E-state index contributed by atoms with van der Waals surface area (Å²) < 4.78 is 37.6. The number of benzene rings is 1. The van der Waals surface area contributed by atoms with E-state index in [4.69, 9.17) is 5.11 Å². The van der Waals surface area contributed by atoms with E-state index < -0.39 is 29.7 Å². The van der Waals surface area contributed by atoms with Gasteiger partial charge < -0.3 is 10.4 Å². The Morgan fingerprint density at radius 3 is 2.38 bits per heavy atom. The van der Waals surface area contributed by atoms with Gasteiger partial charge in [-0.25, -0.2) is 0 Å². The van der Waals surface area contributed by atoms with Gasteiger partial charge in [0.25, 0.3) is 0 Å². The van der Waals surface area contributed by atoms with Crippen molar-refractivity contribution in [1.82, 2.24) is 10.2 Å². The standard InChI is InChI=1S/C15H12F3N3O3/c16-15(17,18)12-6-11(20-21-12)7-1-3-8(4-2-7)19-13(22)9-5-10(9)14(23)24/h1-4,6,9-10H,5H2,(H,19,22)(H,20,21)(H,23,24)/t9-,10-/m1/s1. The number of H-pyrrole nitrogens is 1. The van der Waals surface area contributed by atoms with Gasteiger partial charge in [-0.2, -0.15) is 18.3 Å². The van der Waals surface area contributed by atoms with E-state index in [1.807, 2.05) is 5.10 Å². The molecule has 0 unspecified atom stereocenters. The lowest BCUT2D eigenvalue weighted by atomic mass is 10.1. The van der Waals surface area contributed by atoms with Crippen molar-refractivity contribution in [3.63, 3.8) is 0 Å². The van der Waals surface area contributed by atoms with Crippen molar-refractivity contribution >= 4 is 17.6 Å². The summed E-state index contributed by atoms with van der Waals surface area (Å²) in [5.74, 6) is -2.56. The number of nitrogens with one attached hydrogen (secondary N) is 2. The minimum atomic E-state index is -4.50. The molecule has 0 aliphatic heterocycles. The number of carbonyl (C=O) groups excluding carboxylic acids is 1. The van der Waals surface area contributed by atoms with Gasteiger partial charge in [-0.15, -0.1) is 0 Å². The van der Waals surface area contributed by atoms with Crippen molar-refractivity contribution in [2.45, 2.75) is 12.6 Å². The number of hydrogen-bond donors (Lipinski definition) is 3. The molecule has 1 aliphatic rings. The van der Waals surface area contributed by atoms with Crippen molar-refractivity contribution in [2.24, 2.45) is 11.8 Å². The second-order valence-corrected chi connectivity index (χ2v) is 5.52. The summed E-state index contributed by atoms with van der Waals surface area (Å²) in [5.41, 5.74) is 0.0811. The number of aromatic amines is 1. The van der Waals surface area contributed by atoms with Crippen molar-refractivity contribution in [2.75, 3.05) is 5.32 Å². The lowest BCUT2D eigenvalue weighted by Crippen LogP contribution is -2.16. The Hall–Kier alpha value is -2.84. The maximum atomic E-state index is 12.5. The highest BCUT2D eigenvalue weighted by atomic mass is 19.4. The van der Waals surface area contributed by atoms with Crippen molar-refractivity contribution in [3.05, 3.63) is 36.0 Å². The second-order valence-electron chi connectivity index (χ2n) is 5.52. The first-order chi connectivity index (χ1) is 11.3. The molecule has 24 heavy (non-hydrogen) atoms. The van der Waals surface area contributed by atoms with Crippen molar-refractivity contribution in [1.29, 1.82) is 0 Å². The topological polar surface area (TPSA) is 95.1 Å². The van der Waals surface area contributed by atoms with E-state index in [-0.39, 0.29) is 11.6 Å². The number of carbonyl (C=O) groups is 2. The predicted octanol–water partition coefficient (Wildman–Crippen LogP) is 2.75. The van der Waals surface area contributed by atoms with Crippen LogP contribution in [0.1, 0.15) is 12.1 Å². The van der Waals surface area contributed by atoms with Crippen LogP contribution in [0.5, 0.6) is 0 Å². The maximum absolute atomic E-state index is 12.5. The minimum absolute atomic E-state index is 0.133. The lowest BCUT2D eigenvalue weighted by Gasteiger charge is -2.05. The van der Waals surface area contributed by atoms with Gasteiger partial charge in [-0.05, 0) is 24.6 Å². The third kappa shape index (κ3) is 3.24. The van der Waals surface area contributed by atoms with Gasteiger partial charge in [-0.1, -0.05) is 12.1 Å². The Morgan fingerprint density at radius 1 is 1.21 bits per heavy atom. The fourth-order valence-electron chi connectivity index (χ4n) is 2.33. The number of hydrogen-bond acceptors (Lipinski definition) is 3. The van der Waals surface area contributed by atoms with Crippen LogP contribution in [0.25, 0.3) is 11.3 Å². The quantitative estimate of drug-likeness (QED) is 0.798. The van der Waals surface area contributed by atoms with Crippen LogP contribution in [0.2, 0.25) is 0 Å². The molecule has 1 heterocycles. The number of anilines is 1. The number of carboxylic acid groups (broad SMARTS) is 1. The van der Waals surface area contributed by atoms with Crippen LogP contribution in [0.4, 0.5) is 18.9 Å². The van der Waals surface area contributed by atoms with E-state index in [0.717, 1.165) is 6.07 Å². The zero-order valence-corrected chi connectivity index (χ0v) is 12.1. The minimum Gasteiger partial charge on any atom is -0.481 e. The third-order valence-corrected chi connectivity index (χ3v) is 3.78. The first-order valence-corrected chi connectivity index (χ1v) is 7.02. The number of aromatic nitrogens is 2. The molecule has 1 amide bonds. The largest absolute Gasteiger partial charge is 0.481 e. The highest BCUT2D eigenvalue weighted by molar-refractivity contribution is 5.98. The average Bonchev–Trinajstić information content (AvgIpc) is 3.16. The summed E-state index contributed by atoms with van der Waals surface area (Å²) in [6.45, 7) is 0. The summed E-state index contributed by atoms with van der Waals surface area (Å²) in [4.78, 5) is 22.6. The molecule has 0 saturated heterocycles. The molecule has 0 spiro atoms. The molecule has 0 bridgehead atoms. The van der Waals surface area contributed by atoms with E-state index >= 15 is 0 Å². The summed E-state index contributed by atoms with van der Waals surface area (Å²) in [6, 6.07) is 6.98. The van der Waals surface area contributed by atoms with Crippen LogP contribution in [0.3, 0.4) is 0 Å². The summed E-state index contributed by atoms with van der Waals surface area (Å²) in [7, 11) is 0. The van der Waals surface area contributed by atoms with E-state index in [1.165, 1.54) is 24.3 Å². The Bertz CT molecular complexity index is 783. The Kier molecular flexibility index (Phi) is 3.78. The van der Waals surface area contributed by atoms with E-state index in [2.05, 4.69) is 10.4 Å². The highest BCUT2D eigenvalue weighted by Crippen LogP contribution is 2.39. The lowest BCUT2D eigenvalue weighted by molar-refractivity contribution is -0.141. The summed E-state index contributed by atoms with van der Waals surface area (Å²) >= 11 is 0. The van der Waals surface area contributed by atoms with Gasteiger partial charge >= 0.3 is 12.1 Å². The van der Waals surface area contributed by atoms with E-state index in [9.17, 15) is 22.8 Å². The molecule has 6 nitrogen and oxygen atoms in total. The number of carboxylic acids is 1. The van der Waals surface area contributed by atoms with Gasteiger partial charge in [0.2, 0.25) is 5.91 Å². The molecule has 1 fully saturated rings. The van der Waals surface area contributed by atoms with Crippen LogP contribution >= 0.6 is 0 Å². The average molecular weight is 339 g/mol. The third-order valence-electron chi connectivity index (χ3n) is 3.78. The van der Waals surface area contributed by atoms with Crippen molar-refractivity contribution in [3.8, 4) is 11.3 Å². The predicted molar refractivity (Wildman–Crippen MR) is 76.9 cm³/mol. The molecule has 0 radical (unpaired) electrons. The summed E-state index contributed by atoms with van der Waals surface area (Å²) in [5, 5.41) is 16.9. The SMILES string of the molecule is O=C(O)[C@@H]1C[C@H]1C(=O)Nc1ccc(-c2cc(C(F)(F)F)[nH]n2)cc1. The smallest absolute Gasteiger partial charge is 0.432 e. The zero-order chi connectivity index (χ0) is 17.5. The molecular weight excluding hydrogens is 327 g/mol. The van der Waals surface area contributed by atoms with Gasteiger partial charge in [0.15, 0.2) is 0 Å². The molecule has 1 saturated carbocycles. The van der Waals surface area contributed by atoms with Gasteiger partial charge in [0.05, 0.1) is 17.5 Å². The van der Waals surface area contributed by atoms with Gasteiger partial charge in [0, 0.05) is 11.3 Å². The number of rotatable bonds is 4. The van der Waals surface area contributed by atoms with Crippen LogP contribution < -0.4 is 5.32 Å². The molecule has 2 aromatic rings. The van der Waals surface area contributed by atoms with Crippen LogP contribution in [0, 0.1) is 11.8 Å². The number of nitrogens with zero attached hydrogens (tertiary/aromatic N) is 1. The second kappa shape index (κ2) is 5.66. The molecular formula is C15H12F3N3O3. The van der Waals surface area contributed by atoms with Crippen molar-refractivity contribution < 1.29 is 27.9 Å². The van der Waals surface area contributed by atoms with Crippen LogP contribution in [0.15, 0.2) is 30.3 Å². The number of aliphatic carboxylic acids is 1. The van der Waals surface area contributed by atoms with Gasteiger partial charge in [-0.3, -0.25) is 14.7 Å². The molecule has 9 heteroatoms. The monoisotopic (exact) mass is 339 g/mol. The van der Waals surface area contributed by atoms with Crippen LogP contribution in [-0.2, 0) is 15.8 Å². The van der Waals surface area contributed by atoms with E-state index in [0.29, 0.717) is 17.7 Å². The molecule has 1 aromatic carbocycles. The molecule has 1 aromatic heterocycles. The molecule has 3 N–H and O–H groups in total.